The number of carbonyl (C=O) groups is 1. The molecular formula is C11H15NO5S. The molecule has 0 heterocycles. The van der Waals surface area contributed by atoms with Gasteiger partial charge >= 0.3 is 5.97 Å². The molecule has 0 saturated heterocycles. The predicted molar refractivity (Wildman–Crippen MR) is 64.6 cm³/mol. The van der Waals surface area contributed by atoms with E-state index in [0.29, 0.717) is 0 Å². The van der Waals surface area contributed by atoms with Gasteiger partial charge in [0.25, 0.3) is 0 Å². The first-order valence-electron chi connectivity index (χ1n) is 5.20. The minimum atomic E-state index is -3.65. The first-order chi connectivity index (χ1) is 8.37. The van der Waals surface area contributed by atoms with Gasteiger partial charge < -0.3 is 9.84 Å². The van der Waals surface area contributed by atoms with Gasteiger partial charge in [-0.15, -0.1) is 0 Å². The van der Waals surface area contributed by atoms with Gasteiger partial charge in [0.15, 0.2) is 0 Å². The third-order valence-electron chi connectivity index (χ3n) is 2.40. The molecule has 6 nitrogen and oxygen atoms in total. The quantitative estimate of drug-likeness (QED) is 0.793. The molecule has 0 bridgehead atoms. The van der Waals surface area contributed by atoms with Crippen molar-refractivity contribution in [1.29, 1.82) is 0 Å². The van der Waals surface area contributed by atoms with Crippen LogP contribution in [0.15, 0.2) is 29.2 Å². The van der Waals surface area contributed by atoms with Crippen LogP contribution in [-0.4, -0.2) is 44.5 Å². The van der Waals surface area contributed by atoms with Crippen LogP contribution in [0.4, 0.5) is 0 Å². The van der Waals surface area contributed by atoms with Crippen LogP contribution in [0.3, 0.4) is 0 Å². The smallest absolute Gasteiger partial charge is 0.306 e. The summed E-state index contributed by atoms with van der Waals surface area (Å²) in [5.74, 6) is -0.478. The van der Waals surface area contributed by atoms with Crippen LogP contribution in [-0.2, 0) is 19.6 Å². The number of aromatic hydroxyl groups is 1. The summed E-state index contributed by atoms with van der Waals surface area (Å²) in [6, 6.07) is 5.20. The number of ether oxygens (including phenoxy) is 1. The van der Waals surface area contributed by atoms with Crippen LogP contribution < -0.4 is 0 Å². The molecule has 0 aliphatic rings. The van der Waals surface area contributed by atoms with E-state index >= 15 is 0 Å². The van der Waals surface area contributed by atoms with Crippen molar-refractivity contribution in [2.24, 2.45) is 0 Å². The SMILES string of the molecule is COC(=O)CCN(C)S(=O)(=O)c1ccc(O)cc1. The summed E-state index contributed by atoms with van der Waals surface area (Å²) >= 11 is 0. The fourth-order valence-electron chi connectivity index (χ4n) is 1.27. The molecule has 0 aliphatic carbocycles. The van der Waals surface area contributed by atoms with Gasteiger partial charge in [-0.3, -0.25) is 4.79 Å². The molecule has 18 heavy (non-hydrogen) atoms. The fourth-order valence-corrected chi connectivity index (χ4v) is 2.44. The lowest BCUT2D eigenvalue weighted by atomic mass is 10.3. The first-order valence-corrected chi connectivity index (χ1v) is 6.64. The van der Waals surface area contributed by atoms with Crippen molar-refractivity contribution >= 4 is 16.0 Å². The average molecular weight is 273 g/mol. The minimum Gasteiger partial charge on any atom is -0.508 e. The van der Waals surface area contributed by atoms with Crippen LogP contribution in [0.25, 0.3) is 0 Å². The number of rotatable bonds is 5. The second kappa shape index (κ2) is 5.83. The van der Waals surface area contributed by atoms with E-state index in [-0.39, 0.29) is 23.6 Å². The van der Waals surface area contributed by atoms with Gasteiger partial charge in [0, 0.05) is 13.6 Å². The van der Waals surface area contributed by atoms with E-state index in [1.54, 1.807) is 0 Å². The van der Waals surface area contributed by atoms with E-state index in [0.717, 1.165) is 4.31 Å². The van der Waals surface area contributed by atoms with Crippen LogP contribution in [0.2, 0.25) is 0 Å². The molecule has 1 aromatic rings. The third-order valence-corrected chi connectivity index (χ3v) is 4.27. The van der Waals surface area contributed by atoms with Crippen LogP contribution in [0.1, 0.15) is 6.42 Å². The average Bonchev–Trinajstić information content (AvgIpc) is 2.35. The van der Waals surface area contributed by atoms with Crippen LogP contribution >= 0.6 is 0 Å². The number of sulfonamides is 1. The highest BCUT2D eigenvalue weighted by Crippen LogP contribution is 2.17. The van der Waals surface area contributed by atoms with E-state index in [1.807, 2.05) is 0 Å². The summed E-state index contributed by atoms with van der Waals surface area (Å²) in [5, 5.41) is 9.10. The van der Waals surface area contributed by atoms with Gasteiger partial charge in [0.1, 0.15) is 5.75 Å². The van der Waals surface area contributed by atoms with Crippen molar-refractivity contribution < 1.29 is 23.1 Å². The van der Waals surface area contributed by atoms with Crippen molar-refractivity contribution in [3.8, 4) is 5.75 Å². The maximum Gasteiger partial charge on any atom is 0.306 e. The zero-order valence-corrected chi connectivity index (χ0v) is 11.0. The van der Waals surface area contributed by atoms with Crippen LogP contribution in [0, 0.1) is 0 Å². The largest absolute Gasteiger partial charge is 0.508 e. The normalized spacial score (nSPS) is 11.5. The lowest BCUT2D eigenvalue weighted by Gasteiger charge is -2.16. The topological polar surface area (TPSA) is 83.9 Å². The van der Waals surface area contributed by atoms with E-state index in [9.17, 15) is 13.2 Å². The van der Waals surface area contributed by atoms with Crippen molar-refractivity contribution in [3.63, 3.8) is 0 Å². The molecular weight excluding hydrogens is 258 g/mol. The summed E-state index contributed by atoms with van der Waals surface area (Å²) in [6.07, 6.45) is -0.00961. The van der Waals surface area contributed by atoms with Crippen molar-refractivity contribution in [1.82, 2.24) is 4.31 Å². The number of benzene rings is 1. The first kappa shape index (κ1) is 14.5. The van der Waals surface area contributed by atoms with Crippen LogP contribution in [0.5, 0.6) is 5.75 Å². The van der Waals surface area contributed by atoms with Gasteiger partial charge in [0.05, 0.1) is 18.4 Å². The number of phenols is 1. The third kappa shape index (κ3) is 3.44. The summed E-state index contributed by atoms with van der Waals surface area (Å²) in [5.41, 5.74) is 0. The van der Waals surface area contributed by atoms with E-state index in [4.69, 9.17) is 5.11 Å². The van der Waals surface area contributed by atoms with Gasteiger partial charge in [-0.2, -0.15) is 0 Å². The monoisotopic (exact) mass is 273 g/mol. The van der Waals surface area contributed by atoms with Crippen molar-refractivity contribution in [3.05, 3.63) is 24.3 Å². The molecule has 0 fully saturated rings. The maximum absolute atomic E-state index is 12.0. The molecule has 0 radical (unpaired) electrons. The zero-order chi connectivity index (χ0) is 13.8. The van der Waals surface area contributed by atoms with Crippen molar-refractivity contribution in [2.75, 3.05) is 20.7 Å². The Morgan fingerprint density at radius 1 is 1.33 bits per heavy atom. The Kier molecular flexibility index (Phi) is 4.69. The van der Waals surface area contributed by atoms with Gasteiger partial charge in [-0.1, -0.05) is 0 Å². The summed E-state index contributed by atoms with van der Waals surface area (Å²) < 4.78 is 29.6. The minimum absolute atomic E-state index is 0.00818. The Morgan fingerprint density at radius 3 is 2.39 bits per heavy atom. The predicted octanol–water partition coefficient (Wildman–Crippen LogP) is 0.576. The Balaban J connectivity index is 2.80. The summed E-state index contributed by atoms with van der Waals surface area (Å²) in [6.45, 7) is 0.0376. The molecule has 1 N–H and O–H groups in total. The number of esters is 1. The summed E-state index contributed by atoms with van der Waals surface area (Å²) in [7, 11) is -1.02. The van der Waals surface area contributed by atoms with E-state index in [1.165, 1.54) is 38.4 Å². The molecule has 0 atom stereocenters. The number of methoxy groups -OCH3 is 1. The molecule has 0 saturated carbocycles. The molecule has 0 amide bonds. The molecule has 0 aromatic heterocycles. The molecule has 1 rings (SSSR count). The molecule has 1 aromatic carbocycles. The molecule has 0 unspecified atom stereocenters. The van der Waals surface area contributed by atoms with E-state index < -0.39 is 16.0 Å². The second-order valence-corrected chi connectivity index (χ2v) is 5.69. The van der Waals surface area contributed by atoms with Gasteiger partial charge in [0.2, 0.25) is 10.0 Å². The lowest BCUT2D eigenvalue weighted by molar-refractivity contribution is -0.140. The lowest BCUT2D eigenvalue weighted by Crippen LogP contribution is -2.29. The van der Waals surface area contributed by atoms with Crippen molar-refractivity contribution in [2.45, 2.75) is 11.3 Å². The highest BCUT2D eigenvalue weighted by molar-refractivity contribution is 7.89. The molecule has 0 aliphatic heterocycles. The molecule has 100 valence electrons. The Labute approximate surface area is 106 Å². The number of nitrogens with zero attached hydrogens (tertiary/aromatic N) is 1. The summed E-state index contributed by atoms with van der Waals surface area (Å²) in [4.78, 5) is 11.0. The zero-order valence-electron chi connectivity index (χ0n) is 10.2. The Bertz CT molecular complexity index is 509. The van der Waals surface area contributed by atoms with Gasteiger partial charge in [-0.25, -0.2) is 12.7 Å². The fraction of sp³-hybridized carbons (Fsp3) is 0.364. The Morgan fingerprint density at radius 2 is 1.89 bits per heavy atom. The Hall–Kier alpha value is -1.60. The van der Waals surface area contributed by atoms with E-state index in [2.05, 4.69) is 4.74 Å². The maximum atomic E-state index is 12.0. The number of hydrogen-bond acceptors (Lipinski definition) is 5. The standard InChI is InChI=1S/C11H15NO5S/c1-12(8-7-11(14)17-2)18(15,16)10-5-3-9(13)4-6-10/h3-6,13H,7-8H2,1-2H3. The number of phenolic OH excluding ortho intramolecular Hbond substituents is 1. The number of hydrogen-bond donors (Lipinski definition) is 1. The second-order valence-electron chi connectivity index (χ2n) is 3.65. The van der Waals surface area contributed by atoms with Gasteiger partial charge in [-0.05, 0) is 24.3 Å². The number of carbonyl (C=O) groups excluding carboxylic acids is 1. The highest BCUT2D eigenvalue weighted by Gasteiger charge is 2.21. The molecule has 0 spiro atoms. The highest BCUT2D eigenvalue weighted by atomic mass is 32.2. The molecule has 7 heteroatoms.